The summed E-state index contributed by atoms with van der Waals surface area (Å²) in [4.78, 5) is 18.9. The number of ether oxygens (including phenoxy) is 2. The van der Waals surface area contributed by atoms with Crippen LogP contribution in [0.2, 0.25) is 0 Å². The van der Waals surface area contributed by atoms with E-state index in [1.807, 2.05) is 29.2 Å². The fourth-order valence-corrected chi connectivity index (χ4v) is 3.39. The zero-order chi connectivity index (χ0) is 18.6. The van der Waals surface area contributed by atoms with Crippen molar-refractivity contribution in [2.45, 2.75) is 50.7 Å². The highest BCUT2D eigenvalue weighted by atomic mass is 16.5. The van der Waals surface area contributed by atoms with Gasteiger partial charge in [0, 0.05) is 19.0 Å². The van der Waals surface area contributed by atoms with Crippen LogP contribution in [0.4, 0.5) is 0 Å². The molecule has 2 fully saturated rings. The first kappa shape index (κ1) is 18.0. The zero-order valence-electron chi connectivity index (χ0n) is 15.6. The Labute approximate surface area is 158 Å². The maximum Gasteiger partial charge on any atom is 0.252 e. The molecule has 0 spiro atoms. The molecule has 1 aliphatic carbocycles. The van der Waals surface area contributed by atoms with Crippen molar-refractivity contribution in [1.29, 1.82) is 0 Å². The highest BCUT2D eigenvalue weighted by molar-refractivity contribution is 5.79. The highest BCUT2D eigenvalue weighted by Gasteiger charge is 2.29. The Morgan fingerprint density at radius 1 is 1.33 bits per heavy atom. The average molecular weight is 371 g/mol. The molecule has 7 heteroatoms. The summed E-state index contributed by atoms with van der Waals surface area (Å²) in [7, 11) is 1.63. The Morgan fingerprint density at radius 3 is 3.04 bits per heavy atom. The fourth-order valence-electron chi connectivity index (χ4n) is 3.39. The lowest BCUT2D eigenvalue weighted by Gasteiger charge is -2.32. The SMILES string of the molecule is COc1cccc(CC(=O)N2CCCC(OCc3nc(C4CC4)no3)C2)c1. The molecule has 2 heterocycles. The highest BCUT2D eigenvalue weighted by Crippen LogP contribution is 2.38. The number of hydrogen-bond donors (Lipinski definition) is 0. The first-order valence-electron chi connectivity index (χ1n) is 9.56. The van der Waals surface area contributed by atoms with Gasteiger partial charge in [-0.05, 0) is 43.4 Å². The van der Waals surface area contributed by atoms with Gasteiger partial charge in [0.25, 0.3) is 5.89 Å². The second kappa shape index (κ2) is 8.08. The molecule has 1 unspecified atom stereocenters. The van der Waals surface area contributed by atoms with Gasteiger partial charge in [-0.25, -0.2) is 0 Å². The van der Waals surface area contributed by atoms with Crippen LogP contribution in [0, 0.1) is 0 Å². The molecule has 4 rings (SSSR count). The van der Waals surface area contributed by atoms with Crippen molar-refractivity contribution in [3.8, 4) is 5.75 Å². The summed E-state index contributed by atoms with van der Waals surface area (Å²) in [5, 5.41) is 4.01. The Balaban J connectivity index is 1.28. The van der Waals surface area contributed by atoms with Crippen molar-refractivity contribution in [3.63, 3.8) is 0 Å². The number of piperidine rings is 1. The molecule has 144 valence electrons. The van der Waals surface area contributed by atoms with Gasteiger partial charge in [-0.3, -0.25) is 4.79 Å². The molecule has 1 aliphatic heterocycles. The predicted molar refractivity (Wildman–Crippen MR) is 97.4 cm³/mol. The molecule has 2 aliphatic rings. The maximum absolute atomic E-state index is 12.7. The number of amides is 1. The van der Waals surface area contributed by atoms with Gasteiger partial charge < -0.3 is 18.9 Å². The lowest BCUT2D eigenvalue weighted by molar-refractivity contribution is -0.135. The van der Waals surface area contributed by atoms with Gasteiger partial charge in [0.05, 0.1) is 19.6 Å². The van der Waals surface area contributed by atoms with Gasteiger partial charge in [0.2, 0.25) is 5.91 Å². The van der Waals surface area contributed by atoms with E-state index in [2.05, 4.69) is 10.1 Å². The largest absolute Gasteiger partial charge is 0.497 e. The van der Waals surface area contributed by atoms with Gasteiger partial charge in [-0.2, -0.15) is 4.98 Å². The summed E-state index contributed by atoms with van der Waals surface area (Å²) in [6.07, 6.45) is 4.54. The van der Waals surface area contributed by atoms with Crippen LogP contribution >= 0.6 is 0 Å². The topological polar surface area (TPSA) is 77.7 Å². The molecular formula is C20H25N3O4. The summed E-state index contributed by atoms with van der Waals surface area (Å²) >= 11 is 0. The van der Waals surface area contributed by atoms with Gasteiger partial charge in [0.1, 0.15) is 12.4 Å². The Kier molecular flexibility index (Phi) is 5.38. The lowest BCUT2D eigenvalue weighted by Crippen LogP contribution is -2.43. The molecular weight excluding hydrogens is 346 g/mol. The summed E-state index contributed by atoms with van der Waals surface area (Å²) in [5.41, 5.74) is 0.959. The van der Waals surface area contributed by atoms with Crippen molar-refractivity contribution < 1.29 is 18.8 Å². The van der Waals surface area contributed by atoms with E-state index < -0.39 is 0 Å². The van der Waals surface area contributed by atoms with E-state index in [1.54, 1.807) is 7.11 Å². The summed E-state index contributed by atoms with van der Waals surface area (Å²) in [6, 6.07) is 7.64. The maximum atomic E-state index is 12.7. The Morgan fingerprint density at radius 2 is 2.22 bits per heavy atom. The Bertz CT molecular complexity index is 787. The number of hydrogen-bond acceptors (Lipinski definition) is 6. The molecule has 1 atom stereocenters. The average Bonchev–Trinajstić information content (AvgIpc) is 3.45. The standard InChI is InChI=1S/C20H25N3O4/c1-25-16-5-2-4-14(10-16)11-19(24)23-9-3-6-17(12-23)26-13-18-21-20(22-27-18)15-7-8-15/h2,4-5,10,15,17H,3,6-9,11-13H2,1H3. The van der Waals surface area contributed by atoms with E-state index in [0.717, 1.165) is 49.4 Å². The molecule has 0 N–H and O–H groups in total. The van der Waals surface area contributed by atoms with Crippen molar-refractivity contribution in [2.24, 2.45) is 0 Å². The second-order valence-electron chi connectivity index (χ2n) is 7.26. The quantitative estimate of drug-likeness (QED) is 0.745. The van der Waals surface area contributed by atoms with E-state index in [-0.39, 0.29) is 12.0 Å². The zero-order valence-corrected chi connectivity index (χ0v) is 15.6. The molecule has 7 nitrogen and oxygen atoms in total. The molecule has 1 aromatic heterocycles. The smallest absolute Gasteiger partial charge is 0.252 e. The van der Waals surface area contributed by atoms with Crippen LogP contribution < -0.4 is 4.74 Å². The van der Waals surface area contributed by atoms with Gasteiger partial charge in [0.15, 0.2) is 5.82 Å². The van der Waals surface area contributed by atoms with E-state index in [9.17, 15) is 4.79 Å². The van der Waals surface area contributed by atoms with Crippen molar-refractivity contribution in [2.75, 3.05) is 20.2 Å². The molecule has 0 radical (unpaired) electrons. The van der Waals surface area contributed by atoms with Crippen LogP contribution in [0.5, 0.6) is 5.75 Å². The number of aromatic nitrogens is 2. The van der Waals surface area contributed by atoms with Crippen LogP contribution in [-0.2, 0) is 22.6 Å². The molecule has 1 saturated heterocycles. The Hall–Kier alpha value is -2.41. The molecule has 0 bridgehead atoms. The van der Waals surface area contributed by atoms with E-state index >= 15 is 0 Å². The van der Waals surface area contributed by atoms with Gasteiger partial charge in [-0.1, -0.05) is 17.3 Å². The minimum absolute atomic E-state index is 0.00397. The number of rotatable bonds is 7. The number of nitrogens with zero attached hydrogens (tertiary/aromatic N) is 3. The van der Waals surface area contributed by atoms with Gasteiger partial charge in [-0.15, -0.1) is 0 Å². The summed E-state index contributed by atoms with van der Waals surface area (Å²) < 4.78 is 16.4. The predicted octanol–water partition coefficient (Wildman–Crippen LogP) is 2.71. The molecule has 1 amide bonds. The van der Waals surface area contributed by atoms with Crippen molar-refractivity contribution >= 4 is 5.91 Å². The minimum atomic E-state index is 0.00397. The second-order valence-corrected chi connectivity index (χ2v) is 7.26. The summed E-state index contributed by atoms with van der Waals surface area (Å²) in [5.74, 6) is 2.68. The third-order valence-corrected chi connectivity index (χ3v) is 5.09. The first-order chi connectivity index (χ1) is 13.2. The number of methoxy groups -OCH3 is 1. The van der Waals surface area contributed by atoms with Crippen LogP contribution in [0.15, 0.2) is 28.8 Å². The normalized spacial score (nSPS) is 19.9. The van der Waals surface area contributed by atoms with Crippen LogP contribution in [0.1, 0.15) is 48.9 Å². The van der Waals surface area contributed by atoms with E-state index in [4.69, 9.17) is 14.0 Å². The number of likely N-dealkylation sites (tertiary alicyclic amines) is 1. The van der Waals surface area contributed by atoms with Crippen LogP contribution in [0.25, 0.3) is 0 Å². The number of carbonyl (C=O) groups excluding carboxylic acids is 1. The van der Waals surface area contributed by atoms with Crippen LogP contribution in [-0.4, -0.2) is 47.3 Å². The van der Waals surface area contributed by atoms with Crippen molar-refractivity contribution in [1.82, 2.24) is 15.0 Å². The molecule has 1 aromatic carbocycles. The van der Waals surface area contributed by atoms with Crippen molar-refractivity contribution in [3.05, 3.63) is 41.5 Å². The molecule has 1 saturated carbocycles. The number of carbonyl (C=O) groups is 1. The summed E-state index contributed by atoms with van der Waals surface area (Å²) in [6.45, 7) is 1.68. The molecule has 2 aromatic rings. The minimum Gasteiger partial charge on any atom is -0.497 e. The van der Waals surface area contributed by atoms with Gasteiger partial charge >= 0.3 is 0 Å². The van der Waals surface area contributed by atoms with E-state index in [1.165, 1.54) is 0 Å². The van der Waals surface area contributed by atoms with Crippen LogP contribution in [0.3, 0.4) is 0 Å². The third-order valence-electron chi connectivity index (χ3n) is 5.09. The molecule has 27 heavy (non-hydrogen) atoms. The first-order valence-corrected chi connectivity index (χ1v) is 9.56. The monoisotopic (exact) mass is 371 g/mol. The fraction of sp³-hybridized carbons (Fsp3) is 0.550. The lowest BCUT2D eigenvalue weighted by atomic mass is 10.1. The number of benzene rings is 1. The van der Waals surface area contributed by atoms with E-state index in [0.29, 0.717) is 31.4 Å². The third kappa shape index (κ3) is 4.66.